The van der Waals surface area contributed by atoms with Crippen LogP contribution in [-0.2, 0) is 0 Å². The first-order valence-corrected chi connectivity index (χ1v) is 9.45. The standard InChI is InChI=1S/C24H20F2N2O2/c1-14(27)21-22(16-8-11-20(30-2)18(26)12-16)19-10-9-17(25)13-28(19)24(29)23(21)15-6-4-3-5-7-15/h3-14H,27H2,1-2H3/t14-/m0/s1. The number of halogens is 2. The molecule has 6 heteroatoms. The average molecular weight is 406 g/mol. The van der Waals surface area contributed by atoms with Crippen molar-refractivity contribution in [1.29, 1.82) is 0 Å². The van der Waals surface area contributed by atoms with E-state index in [1.807, 2.05) is 18.2 Å². The zero-order valence-corrected chi connectivity index (χ0v) is 16.5. The van der Waals surface area contributed by atoms with Crippen LogP contribution in [0, 0.1) is 11.6 Å². The molecule has 0 bridgehead atoms. The Balaban J connectivity index is 2.21. The highest BCUT2D eigenvalue weighted by atomic mass is 19.1. The first-order valence-electron chi connectivity index (χ1n) is 9.45. The van der Waals surface area contributed by atoms with Gasteiger partial charge < -0.3 is 10.5 Å². The smallest absolute Gasteiger partial charge is 0.263 e. The molecule has 0 unspecified atom stereocenters. The number of pyridine rings is 2. The summed E-state index contributed by atoms with van der Waals surface area (Å²) in [5.41, 5.74) is 9.07. The number of nitrogens with zero attached hydrogens (tertiary/aromatic N) is 1. The van der Waals surface area contributed by atoms with Crippen molar-refractivity contribution >= 4 is 5.52 Å². The van der Waals surface area contributed by atoms with Gasteiger partial charge >= 0.3 is 0 Å². The molecule has 4 nitrogen and oxygen atoms in total. The number of rotatable bonds is 4. The molecular weight excluding hydrogens is 386 g/mol. The van der Waals surface area contributed by atoms with Crippen molar-refractivity contribution in [3.05, 3.63) is 94.4 Å². The van der Waals surface area contributed by atoms with E-state index >= 15 is 0 Å². The van der Waals surface area contributed by atoms with Gasteiger partial charge in [-0.2, -0.15) is 0 Å². The summed E-state index contributed by atoms with van der Waals surface area (Å²) in [6, 6.07) is 15.9. The highest BCUT2D eigenvalue weighted by molar-refractivity contribution is 5.89. The zero-order chi connectivity index (χ0) is 21.4. The number of fused-ring (bicyclic) bond motifs is 1. The first kappa shape index (κ1) is 19.8. The highest BCUT2D eigenvalue weighted by Gasteiger charge is 2.23. The second kappa shape index (κ2) is 7.72. The lowest BCUT2D eigenvalue weighted by Gasteiger charge is -2.21. The molecule has 0 spiro atoms. The Hall–Kier alpha value is -3.51. The summed E-state index contributed by atoms with van der Waals surface area (Å²) >= 11 is 0. The summed E-state index contributed by atoms with van der Waals surface area (Å²) in [5.74, 6) is -0.991. The van der Waals surface area contributed by atoms with E-state index in [2.05, 4.69) is 0 Å². The van der Waals surface area contributed by atoms with Gasteiger partial charge in [0.05, 0.1) is 18.2 Å². The van der Waals surface area contributed by atoms with Crippen LogP contribution in [0.3, 0.4) is 0 Å². The second-order valence-electron chi connectivity index (χ2n) is 7.08. The molecule has 4 aromatic rings. The lowest BCUT2D eigenvalue weighted by atomic mass is 9.88. The van der Waals surface area contributed by atoms with Gasteiger partial charge in [0.15, 0.2) is 11.6 Å². The van der Waals surface area contributed by atoms with Gasteiger partial charge in [-0.05, 0) is 47.9 Å². The maximum absolute atomic E-state index is 14.6. The predicted molar refractivity (Wildman–Crippen MR) is 114 cm³/mol. The van der Waals surface area contributed by atoms with Gasteiger partial charge in [0.25, 0.3) is 5.56 Å². The Morgan fingerprint density at radius 3 is 2.33 bits per heavy atom. The van der Waals surface area contributed by atoms with Gasteiger partial charge in [-0.1, -0.05) is 36.4 Å². The van der Waals surface area contributed by atoms with Crippen LogP contribution in [0.2, 0.25) is 0 Å². The number of nitrogens with two attached hydrogens (primary N) is 1. The molecule has 2 aromatic heterocycles. The average Bonchev–Trinajstić information content (AvgIpc) is 2.74. The van der Waals surface area contributed by atoms with Crippen molar-refractivity contribution in [3.63, 3.8) is 0 Å². The second-order valence-corrected chi connectivity index (χ2v) is 7.08. The van der Waals surface area contributed by atoms with Crippen LogP contribution >= 0.6 is 0 Å². The first-order chi connectivity index (χ1) is 14.4. The molecule has 0 aliphatic carbocycles. The van der Waals surface area contributed by atoms with Crippen LogP contribution in [0.1, 0.15) is 18.5 Å². The van der Waals surface area contributed by atoms with E-state index in [-0.39, 0.29) is 11.3 Å². The maximum atomic E-state index is 14.6. The molecule has 0 radical (unpaired) electrons. The van der Waals surface area contributed by atoms with Crippen LogP contribution in [-0.4, -0.2) is 11.5 Å². The van der Waals surface area contributed by atoms with Crippen LogP contribution in [0.25, 0.3) is 27.8 Å². The molecule has 0 saturated heterocycles. The monoisotopic (exact) mass is 406 g/mol. The summed E-state index contributed by atoms with van der Waals surface area (Å²) in [4.78, 5) is 13.4. The van der Waals surface area contributed by atoms with E-state index in [1.165, 1.54) is 35.8 Å². The summed E-state index contributed by atoms with van der Waals surface area (Å²) < 4.78 is 34.9. The zero-order valence-electron chi connectivity index (χ0n) is 16.5. The van der Waals surface area contributed by atoms with Crippen molar-refractivity contribution < 1.29 is 13.5 Å². The summed E-state index contributed by atoms with van der Waals surface area (Å²) in [6.45, 7) is 1.77. The van der Waals surface area contributed by atoms with Gasteiger partial charge in [-0.3, -0.25) is 9.20 Å². The van der Waals surface area contributed by atoms with Gasteiger partial charge in [-0.15, -0.1) is 0 Å². The molecule has 0 saturated carbocycles. The molecule has 0 aliphatic rings. The highest BCUT2D eigenvalue weighted by Crippen LogP contribution is 2.38. The van der Waals surface area contributed by atoms with Crippen LogP contribution < -0.4 is 16.0 Å². The summed E-state index contributed by atoms with van der Waals surface area (Å²) in [5, 5.41) is 0. The van der Waals surface area contributed by atoms with Gasteiger partial charge in [0.2, 0.25) is 0 Å². The number of hydrogen-bond acceptors (Lipinski definition) is 3. The molecule has 4 rings (SSSR count). The number of hydrogen-bond donors (Lipinski definition) is 1. The SMILES string of the molecule is COc1ccc(-c2c([C@H](C)N)c(-c3ccccc3)c(=O)n3cc(F)ccc23)cc1F. The molecule has 2 N–H and O–H groups in total. The fraction of sp³-hybridized carbons (Fsp3) is 0.125. The van der Waals surface area contributed by atoms with Gasteiger partial charge in [-0.25, -0.2) is 8.78 Å². The topological polar surface area (TPSA) is 56.7 Å². The molecule has 2 heterocycles. The van der Waals surface area contributed by atoms with Gasteiger partial charge in [0, 0.05) is 17.8 Å². The minimum absolute atomic E-state index is 0.104. The molecule has 1 atom stereocenters. The van der Waals surface area contributed by atoms with E-state index in [1.54, 1.807) is 25.1 Å². The van der Waals surface area contributed by atoms with Crippen LogP contribution in [0.4, 0.5) is 8.78 Å². The molecule has 0 amide bonds. The fourth-order valence-corrected chi connectivity index (χ4v) is 3.81. The minimum Gasteiger partial charge on any atom is -0.494 e. The number of aromatic nitrogens is 1. The molecule has 0 fully saturated rings. The summed E-state index contributed by atoms with van der Waals surface area (Å²) in [6.07, 6.45) is 1.14. The quantitative estimate of drug-likeness (QED) is 0.522. The largest absolute Gasteiger partial charge is 0.494 e. The third kappa shape index (κ3) is 3.25. The fourth-order valence-electron chi connectivity index (χ4n) is 3.81. The molecule has 0 aliphatic heterocycles. The van der Waals surface area contributed by atoms with E-state index in [4.69, 9.17) is 10.5 Å². The maximum Gasteiger partial charge on any atom is 0.263 e. The van der Waals surface area contributed by atoms with Crippen molar-refractivity contribution in [2.75, 3.05) is 7.11 Å². The Labute approximate surface area is 172 Å². The Bertz CT molecular complexity index is 1300. The molecular formula is C24H20F2N2O2. The van der Waals surface area contributed by atoms with Crippen molar-refractivity contribution in [3.8, 4) is 28.0 Å². The summed E-state index contributed by atoms with van der Waals surface area (Å²) in [7, 11) is 1.39. The number of benzene rings is 2. The molecule has 152 valence electrons. The normalized spacial score (nSPS) is 12.2. The minimum atomic E-state index is -0.552. The number of ether oxygens (including phenoxy) is 1. The Morgan fingerprint density at radius 2 is 1.70 bits per heavy atom. The lowest BCUT2D eigenvalue weighted by molar-refractivity contribution is 0.386. The van der Waals surface area contributed by atoms with Crippen LogP contribution in [0.5, 0.6) is 5.75 Å². The van der Waals surface area contributed by atoms with Crippen molar-refractivity contribution in [2.24, 2.45) is 5.73 Å². The Morgan fingerprint density at radius 1 is 0.967 bits per heavy atom. The van der Waals surface area contributed by atoms with E-state index < -0.39 is 17.7 Å². The van der Waals surface area contributed by atoms with Gasteiger partial charge in [0.1, 0.15) is 5.82 Å². The van der Waals surface area contributed by atoms with Crippen molar-refractivity contribution in [2.45, 2.75) is 13.0 Å². The van der Waals surface area contributed by atoms with Crippen LogP contribution in [0.15, 0.2) is 71.7 Å². The third-order valence-corrected chi connectivity index (χ3v) is 5.10. The predicted octanol–water partition coefficient (Wildman–Crippen LogP) is 4.94. The molecule has 30 heavy (non-hydrogen) atoms. The lowest BCUT2D eigenvalue weighted by Crippen LogP contribution is -2.23. The molecule has 2 aromatic carbocycles. The third-order valence-electron chi connectivity index (χ3n) is 5.10. The van der Waals surface area contributed by atoms with E-state index in [0.717, 1.165) is 6.20 Å². The van der Waals surface area contributed by atoms with E-state index in [9.17, 15) is 13.6 Å². The Kier molecular flexibility index (Phi) is 5.10. The van der Waals surface area contributed by atoms with E-state index in [0.29, 0.717) is 33.3 Å². The number of methoxy groups -OCH3 is 1. The van der Waals surface area contributed by atoms with Crippen molar-refractivity contribution in [1.82, 2.24) is 4.40 Å².